The maximum absolute atomic E-state index is 12.9. The van der Waals surface area contributed by atoms with Crippen LogP contribution in [-0.2, 0) is 4.79 Å². The Kier molecular flexibility index (Phi) is 11.0. The van der Waals surface area contributed by atoms with Crippen LogP contribution < -0.4 is 14.8 Å². The van der Waals surface area contributed by atoms with Crippen molar-refractivity contribution in [1.82, 2.24) is 0 Å². The molecular weight excluding hydrogens is 386 g/mol. The van der Waals surface area contributed by atoms with E-state index in [4.69, 9.17) is 9.47 Å². The molecule has 2 aromatic rings. The fraction of sp³-hybridized carbons (Fsp3) is 0.519. The highest BCUT2D eigenvalue weighted by molar-refractivity contribution is 5.94. The first-order chi connectivity index (χ1) is 15.1. The van der Waals surface area contributed by atoms with Gasteiger partial charge in [0.05, 0.1) is 6.61 Å². The van der Waals surface area contributed by atoms with Crippen LogP contribution >= 0.6 is 0 Å². The fourth-order valence-corrected chi connectivity index (χ4v) is 3.47. The van der Waals surface area contributed by atoms with Crippen molar-refractivity contribution in [1.29, 1.82) is 0 Å². The molecule has 0 aliphatic rings. The van der Waals surface area contributed by atoms with Crippen LogP contribution in [0.4, 0.5) is 5.69 Å². The molecule has 2 aromatic carbocycles. The van der Waals surface area contributed by atoms with Gasteiger partial charge in [0.2, 0.25) is 0 Å². The van der Waals surface area contributed by atoms with Crippen LogP contribution in [0.5, 0.6) is 11.5 Å². The molecule has 0 heterocycles. The van der Waals surface area contributed by atoms with Crippen molar-refractivity contribution in [2.45, 2.75) is 84.7 Å². The van der Waals surface area contributed by atoms with Crippen molar-refractivity contribution in [3.05, 3.63) is 54.1 Å². The number of benzene rings is 2. The number of para-hydroxylation sites is 1. The molecule has 0 aliphatic heterocycles. The highest BCUT2D eigenvalue weighted by Crippen LogP contribution is 2.29. The average molecular weight is 426 g/mol. The van der Waals surface area contributed by atoms with Gasteiger partial charge in [0.25, 0.3) is 5.91 Å². The summed E-state index contributed by atoms with van der Waals surface area (Å²) in [5.74, 6) is 1.81. The Morgan fingerprint density at radius 2 is 1.71 bits per heavy atom. The molecular formula is C27H39NO3. The normalized spacial score (nSPS) is 12.8. The van der Waals surface area contributed by atoms with Crippen molar-refractivity contribution < 1.29 is 14.3 Å². The predicted molar refractivity (Wildman–Crippen MR) is 129 cm³/mol. The number of unbranched alkanes of at least 4 members (excludes halogenated alkanes) is 4. The van der Waals surface area contributed by atoms with Crippen molar-refractivity contribution >= 4 is 11.6 Å². The molecule has 2 atom stereocenters. The molecule has 31 heavy (non-hydrogen) atoms. The molecule has 0 fully saturated rings. The molecule has 170 valence electrons. The molecule has 0 aromatic heterocycles. The Balaban J connectivity index is 1.94. The second-order valence-corrected chi connectivity index (χ2v) is 8.14. The summed E-state index contributed by atoms with van der Waals surface area (Å²) < 4.78 is 12.0. The lowest BCUT2D eigenvalue weighted by atomic mass is 9.98. The second-order valence-electron chi connectivity index (χ2n) is 8.14. The van der Waals surface area contributed by atoms with Gasteiger partial charge in [-0.25, -0.2) is 0 Å². The van der Waals surface area contributed by atoms with Crippen LogP contribution in [0.25, 0.3) is 0 Å². The quantitative estimate of drug-likeness (QED) is 0.322. The van der Waals surface area contributed by atoms with Gasteiger partial charge < -0.3 is 14.8 Å². The van der Waals surface area contributed by atoms with Crippen LogP contribution in [0.2, 0.25) is 0 Å². The minimum absolute atomic E-state index is 0.141. The van der Waals surface area contributed by atoms with E-state index in [-0.39, 0.29) is 5.91 Å². The maximum Gasteiger partial charge on any atom is 0.265 e. The first kappa shape index (κ1) is 24.8. The summed E-state index contributed by atoms with van der Waals surface area (Å²) in [5.41, 5.74) is 1.87. The zero-order chi connectivity index (χ0) is 22.5. The predicted octanol–water partition coefficient (Wildman–Crippen LogP) is 7.35. The third-order valence-corrected chi connectivity index (χ3v) is 5.61. The van der Waals surface area contributed by atoms with E-state index in [2.05, 4.69) is 32.2 Å². The minimum Gasteiger partial charge on any atom is -0.494 e. The van der Waals surface area contributed by atoms with Crippen molar-refractivity contribution in [3.63, 3.8) is 0 Å². The third kappa shape index (κ3) is 8.28. The summed E-state index contributed by atoms with van der Waals surface area (Å²) in [5, 5.41) is 2.99. The maximum atomic E-state index is 12.9. The third-order valence-electron chi connectivity index (χ3n) is 5.61. The molecule has 0 aliphatic carbocycles. The van der Waals surface area contributed by atoms with Gasteiger partial charge in [-0.15, -0.1) is 0 Å². The fourth-order valence-electron chi connectivity index (χ4n) is 3.47. The van der Waals surface area contributed by atoms with E-state index in [9.17, 15) is 4.79 Å². The van der Waals surface area contributed by atoms with Crippen molar-refractivity contribution in [2.24, 2.45) is 0 Å². The molecule has 2 unspecified atom stereocenters. The summed E-state index contributed by atoms with van der Waals surface area (Å²) in [6.45, 7) is 9.22. The Morgan fingerprint density at radius 1 is 0.935 bits per heavy atom. The lowest BCUT2D eigenvalue weighted by molar-refractivity contribution is -0.122. The topological polar surface area (TPSA) is 47.6 Å². The SMILES string of the molecule is CCCCCCCOc1cccc(NC(=O)C(CC)Oc2ccccc2C(C)CC)c1. The minimum atomic E-state index is -0.548. The molecule has 1 N–H and O–H groups in total. The van der Waals surface area contributed by atoms with Crippen LogP contribution in [0.15, 0.2) is 48.5 Å². The molecule has 0 saturated carbocycles. The smallest absolute Gasteiger partial charge is 0.265 e. The largest absolute Gasteiger partial charge is 0.494 e. The van der Waals surface area contributed by atoms with Gasteiger partial charge in [-0.3, -0.25) is 4.79 Å². The van der Waals surface area contributed by atoms with E-state index in [1.807, 2.05) is 49.4 Å². The van der Waals surface area contributed by atoms with Crippen LogP contribution in [0.1, 0.15) is 84.1 Å². The number of ether oxygens (including phenoxy) is 2. The molecule has 4 heteroatoms. The number of carbonyl (C=O) groups is 1. The van der Waals surface area contributed by atoms with Gasteiger partial charge in [0.1, 0.15) is 11.5 Å². The van der Waals surface area contributed by atoms with Crippen LogP contribution in [0, 0.1) is 0 Å². The zero-order valence-corrected chi connectivity index (χ0v) is 19.7. The average Bonchev–Trinajstić information content (AvgIpc) is 2.79. The molecule has 4 nitrogen and oxygen atoms in total. The Hall–Kier alpha value is -2.49. The Morgan fingerprint density at radius 3 is 2.45 bits per heavy atom. The molecule has 0 bridgehead atoms. The molecule has 2 rings (SSSR count). The first-order valence-electron chi connectivity index (χ1n) is 11.9. The van der Waals surface area contributed by atoms with E-state index < -0.39 is 6.10 Å². The summed E-state index contributed by atoms with van der Waals surface area (Å²) in [6.07, 6.45) is 7.10. The van der Waals surface area contributed by atoms with Crippen molar-refractivity contribution in [2.75, 3.05) is 11.9 Å². The van der Waals surface area contributed by atoms with E-state index in [0.29, 0.717) is 18.9 Å². The lowest BCUT2D eigenvalue weighted by Gasteiger charge is -2.21. The molecule has 1 amide bonds. The van der Waals surface area contributed by atoms with E-state index >= 15 is 0 Å². The van der Waals surface area contributed by atoms with Crippen LogP contribution in [-0.4, -0.2) is 18.6 Å². The summed E-state index contributed by atoms with van der Waals surface area (Å²) in [6, 6.07) is 15.6. The van der Waals surface area contributed by atoms with Crippen LogP contribution in [0.3, 0.4) is 0 Å². The number of carbonyl (C=O) groups excluding carboxylic acids is 1. The molecule has 0 saturated heterocycles. The number of nitrogens with one attached hydrogen (secondary N) is 1. The number of anilines is 1. The highest BCUT2D eigenvalue weighted by atomic mass is 16.5. The molecule has 0 radical (unpaired) electrons. The van der Waals surface area contributed by atoms with Gasteiger partial charge in [-0.05, 0) is 48.9 Å². The number of rotatable bonds is 14. The van der Waals surface area contributed by atoms with Gasteiger partial charge in [-0.2, -0.15) is 0 Å². The first-order valence-corrected chi connectivity index (χ1v) is 11.9. The lowest BCUT2D eigenvalue weighted by Crippen LogP contribution is -2.32. The second kappa shape index (κ2) is 13.7. The number of amides is 1. The van der Waals surface area contributed by atoms with Gasteiger partial charge in [0.15, 0.2) is 6.10 Å². The summed E-state index contributed by atoms with van der Waals surface area (Å²) in [7, 11) is 0. The Labute approximate surface area is 188 Å². The van der Waals surface area contributed by atoms with Crippen molar-refractivity contribution in [3.8, 4) is 11.5 Å². The standard InChI is InChI=1S/C27H39NO3/c1-5-8-9-10-13-19-30-23-16-14-15-22(20-23)28-27(29)25(7-3)31-26-18-12-11-17-24(26)21(4)6-2/h11-12,14-18,20-21,25H,5-10,13,19H2,1-4H3,(H,28,29). The van der Waals surface area contributed by atoms with Gasteiger partial charge >= 0.3 is 0 Å². The van der Waals surface area contributed by atoms with E-state index in [1.165, 1.54) is 25.7 Å². The monoisotopic (exact) mass is 425 g/mol. The molecule has 0 spiro atoms. The Bertz CT molecular complexity index is 790. The number of hydrogen-bond acceptors (Lipinski definition) is 3. The highest BCUT2D eigenvalue weighted by Gasteiger charge is 2.21. The summed E-state index contributed by atoms with van der Waals surface area (Å²) in [4.78, 5) is 12.9. The zero-order valence-electron chi connectivity index (χ0n) is 19.7. The van der Waals surface area contributed by atoms with E-state index in [1.54, 1.807) is 0 Å². The number of hydrogen-bond donors (Lipinski definition) is 1. The van der Waals surface area contributed by atoms with Gasteiger partial charge in [0, 0.05) is 11.8 Å². The summed E-state index contributed by atoms with van der Waals surface area (Å²) >= 11 is 0. The van der Waals surface area contributed by atoms with E-state index in [0.717, 1.165) is 35.6 Å². The van der Waals surface area contributed by atoms with Gasteiger partial charge in [-0.1, -0.05) is 77.6 Å².